The van der Waals surface area contributed by atoms with Crippen LogP contribution >= 0.6 is 0 Å². The Kier molecular flexibility index (Phi) is 3.10. The van der Waals surface area contributed by atoms with Crippen LogP contribution in [0.3, 0.4) is 0 Å². The Morgan fingerprint density at radius 3 is 2.67 bits per heavy atom. The van der Waals surface area contributed by atoms with Crippen molar-refractivity contribution in [1.82, 2.24) is 19.5 Å². The van der Waals surface area contributed by atoms with Crippen molar-refractivity contribution in [3.63, 3.8) is 0 Å². The van der Waals surface area contributed by atoms with Crippen LogP contribution in [0.4, 0.5) is 0 Å². The van der Waals surface area contributed by atoms with Crippen LogP contribution in [-0.4, -0.2) is 58.8 Å². The number of hydrogen-bond acceptors (Lipinski definition) is 7. The molecule has 4 N–H and O–H groups in total. The SMILES string of the molecule is CC(C)(O)[C@H]1O[C@@H](n2cnc3c(=O)[nH]cnc32)[C@H](O)[C@@H]1O. The lowest BCUT2D eigenvalue weighted by Gasteiger charge is -2.27. The van der Waals surface area contributed by atoms with Crippen molar-refractivity contribution in [1.29, 1.82) is 0 Å². The van der Waals surface area contributed by atoms with Gasteiger partial charge in [-0.15, -0.1) is 0 Å². The first-order valence-electron chi connectivity index (χ1n) is 6.45. The minimum absolute atomic E-state index is 0.106. The molecule has 0 aliphatic carbocycles. The Morgan fingerprint density at radius 1 is 1.33 bits per heavy atom. The predicted molar refractivity (Wildman–Crippen MR) is 70.4 cm³/mol. The van der Waals surface area contributed by atoms with Gasteiger partial charge in [-0.25, -0.2) is 9.97 Å². The van der Waals surface area contributed by atoms with Crippen LogP contribution in [-0.2, 0) is 4.74 Å². The Bertz CT molecular complexity index is 718. The van der Waals surface area contributed by atoms with E-state index in [0.29, 0.717) is 0 Å². The number of aliphatic hydroxyl groups excluding tert-OH is 2. The van der Waals surface area contributed by atoms with Gasteiger partial charge in [0.2, 0.25) is 0 Å². The molecule has 2 aromatic rings. The molecule has 0 aromatic carbocycles. The van der Waals surface area contributed by atoms with E-state index in [1.165, 1.54) is 31.1 Å². The molecule has 9 heteroatoms. The Morgan fingerprint density at radius 2 is 2.05 bits per heavy atom. The van der Waals surface area contributed by atoms with Gasteiger partial charge in [-0.1, -0.05) is 0 Å². The molecule has 4 atom stereocenters. The fourth-order valence-electron chi connectivity index (χ4n) is 2.52. The largest absolute Gasteiger partial charge is 0.388 e. The monoisotopic (exact) mass is 296 g/mol. The predicted octanol–water partition coefficient (Wildman–Crippen LogP) is -1.49. The second kappa shape index (κ2) is 4.60. The first-order valence-corrected chi connectivity index (χ1v) is 6.45. The van der Waals surface area contributed by atoms with Gasteiger partial charge in [0.25, 0.3) is 5.56 Å². The summed E-state index contributed by atoms with van der Waals surface area (Å²) in [5, 5.41) is 30.2. The van der Waals surface area contributed by atoms with Crippen LogP contribution in [0.5, 0.6) is 0 Å². The van der Waals surface area contributed by atoms with Crippen molar-refractivity contribution < 1.29 is 20.1 Å². The van der Waals surface area contributed by atoms with Crippen LogP contribution in [0, 0.1) is 0 Å². The average Bonchev–Trinajstić information content (AvgIpc) is 2.93. The third-order valence-corrected chi connectivity index (χ3v) is 3.57. The highest BCUT2D eigenvalue weighted by Gasteiger charge is 2.50. The molecule has 0 bridgehead atoms. The van der Waals surface area contributed by atoms with Gasteiger partial charge in [0.05, 0.1) is 18.3 Å². The molecule has 1 aliphatic rings. The second-order valence-electron chi connectivity index (χ2n) is 5.64. The summed E-state index contributed by atoms with van der Waals surface area (Å²) in [6.45, 7) is 2.95. The van der Waals surface area contributed by atoms with Gasteiger partial charge in [-0.3, -0.25) is 9.36 Å². The Hall–Kier alpha value is -1.81. The number of ether oxygens (including phenoxy) is 1. The summed E-state index contributed by atoms with van der Waals surface area (Å²) in [7, 11) is 0. The quantitative estimate of drug-likeness (QED) is 0.530. The number of fused-ring (bicyclic) bond motifs is 1. The molecule has 1 saturated heterocycles. The van der Waals surface area contributed by atoms with Crippen molar-refractivity contribution in [3.05, 3.63) is 23.0 Å². The van der Waals surface area contributed by atoms with Crippen LogP contribution < -0.4 is 5.56 Å². The van der Waals surface area contributed by atoms with Crippen molar-refractivity contribution in [2.24, 2.45) is 0 Å². The molecule has 0 radical (unpaired) electrons. The smallest absolute Gasteiger partial charge is 0.278 e. The molecule has 2 aromatic heterocycles. The number of aromatic nitrogens is 4. The molecule has 9 nitrogen and oxygen atoms in total. The zero-order valence-corrected chi connectivity index (χ0v) is 11.5. The van der Waals surface area contributed by atoms with Gasteiger partial charge >= 0.3 is 0 Å². The molecule has 1 aliphatic heterocycles. The maximum absolute atomic E-state index is 11.6. The van der Waals surface area contributed by atoms with E-state index in [9.17, 15) is 20.1 Å². The molecular weight excluding hydrogens is 280 g/mol. The summed E-state index contributed by atoms with van der Waals surface area (Å²) in [5.41, 5.74) is -1.41. The van der Waals surface area contributed by atoms with Crippen molar-refractivity contribution in [3.8, 4) is 0 Å². The zero-order chi connectivity index (χ0) is 15.4. The van der Waals surface area contributed by atoms with E-state index in [1.54, 1.807) is 0 Å². The minimum Gasteiger partial charge on any atom is -0.388 e. The number of aromatic amines is 1. The molecule has 0 saturated carbocycles. The summed E-state index contributed by atoms with van der Waals surface area (Å²) in [6, 6.07) is 0. The number of H-pyrrole nitrogens is 1. The molecule has 3 rings (SSSR count). The molecule has 1 fully saturated rings. The third-order valence-electron chi connectivity index (χ3n) is 3.57. The molecule has 0 amide bonds. The maximum atomic E-state index is 11.6. The molecular formula is C12H16N4O5. The van der Waals surface area contributed by atoms with E-state index in [2.05, 4.69) is 15.0 Å². The van der Waals surface area contributed by atoms with Gasteiger partial charge in [0.15, 0.2) is 17.4 Å². The molecule has 0 spiro atoms. The van der Waals surface area contributed by atoms with Crippen molar-refractivity contribution in [2.75, 3.05) is 0 Å². The summed E-state index contributed by atoms with van der Waals surface area (Å²) < 4.78 is 6.93. The topological polar surface area (TPSA) is 133 Å². The fraction of sp³-hybridized carbons (Fsp3) is 0.583. The number of hydrogen-bond donors (Lipinski definition) is 4. The maximum Gasteiger partial charge on any atom is 0.278 e. The lowest BCUT2D eigenvalue weighted by Crippen LogP contribution is -2.44. The highest BCUT2D eigenvalue weighted by Crippen LogP contribution is 2.35. The van der Waals surface area contributed by atoms with E-state index < -0.39 is 35.7 Å². The van der Waals surface area contributed by atoms with E-state index in [0.717, 1.165) is 0 Å². The molecule has 3 heterocycles. The highest BCUT2D eigenvalue weighted by atomic mass is 16.6. The Balaban J connectivity index is 2.04. The molecule has 0 unspecified atom stereocenters. The summed E-state index contributed by atoms with van der Waals surface area (Å²) in [4.78, 5) is 21.9. The normalized spacial score (nSPS) is 30.1. The number of imidazole rings is 1. The summed E-state index contributed by atoms with van der Waals surface area (Å²) in [5.74, 6) is 0. The summed E-state index contributed by atoms with van der Waals surface area (Å²) >= 11 is 0. The number of nitrogens with one attached hydrogen (secondary N) is 1. The van der Waals surface area contributed by atoms with E-state index in [1.807, 2.05) is 0 Å². The minimum atomic E-state index is -1.34. The Labute approximate surface area is 118 Å². The fourth-order valence-corrected chi connectivity index (χ4v) is 2.52. The molecule has 114 valence electrons. The zero-order valence-electron chi connectivity index (χ0n) is 11.5. The van der Waals surface area contributed by atoms with E-state index >= 15 is 0 Å². The first kappa shape index (κ1) is 14.1. The van der Waals surface area contributed by atoms with Gasteiger partial charge in [0, 0.05) is 0 Å². The van der Waals surface area contributed by atoms with E-state index in [-0.39, 0.29) is 11.2 Å². The lowest BCUT2D eigenvalue weighted by atomic mass is 9.96. The number of nitrogens with zero attached hydrogens (tertiary/aromatic N) is 3. The van der Waals surface area contributed by atoms with Crippen LogP contribution in [0.25, 0.3) is 11.2 Å². The van der Waals surface area contributed by atoms with Crippen LogP contribution in [0.15, 0.2) is 17.4 Å². The van der Waals surface area contributed by atoms with E-state index in [4.69, 9.17) is 4.74 Å². The van der Waals surface area contributed by atoms with Gasteiger partial charge in [-0.05, 0) is 13.8 Å². The first-order chi connectivity index (χ1) is 9.80. The molecule has 21 heavy (non-hydrogen) atoms. The van der Waals surface area contributed by atoms with Crippen LogP contribution in [0.1, 0.15) is 20.1 Å². The van der Waals surface area contributed by atoms with Gasteiger partial charge < -0.3 is 25.0 Å². The highest BCUT2D eigenvalue weighted by molar-refractivity contribution is 5.68. The third kappa shape index (κ3) is 2.14. The number of aliphatic hydroxyl groups is 3. The van der Waals surface area contributed by atoms with Crippen LogP contribution in [0.2, 0.25) is 0 Å². The lowest BCUT2D eigenvalue weighted by molar-refractivity contribution is -0.122. The van der Waals surface area contributed by atoms with Gasteiger partial charge in [-0.2, -0.15) is 0 Å². The summed E-state index contributed by atoms with van der Waals surface area (Å²) in [6.07, 6.45) is -1.99. The van der Waals surface area contributed by atoms with Gasteiger partial charge in [0.1, 0.15) is 18.3 Å². The number of rotatable bonds is 2. The van der Waals surface area contributed by atoms with Crippen molar-refractivity contribution >= 4 is 11.2 Å². The van der Waals surface area contributed by atoms with Crippen molar-refractivity contribution in [2.45, 2.75) is 44.0 Å². The standard InChI is InChI=1S/C12H16N4O5/c1-12(2,20)8-6(17)7(18)11(21-8)16-4-15-5-9(16)13-3-14-10(5)19/h3-4,6-8,11,17-18,20H,1-2H3,(H,13,14,19)/t6-,7+,8-,11+/m0/s1. The second-order valence-corrected chi connectivity index (χ2v) is 5.64. The average molecular weight is 296 g/mol.